The third-order valence-corrected chi connectivity index (χ3v) is 4.39. The number of hydrogen-bond donors (Lipinski definition) is 2. The third kappa shape index (κ3) is 5.44. The van der Waals surface area contributed by atoms with Gasteiger partial charge in [0.25, 0.3) is 5.91 Å². The van der Waals surface area contributed by atoms with Crippen LogP contribution in [0.3, 0.4) is 0 Å². The second-order valence-electron chi connectivity index (χ2n) is 6.11. The summed E-state index contributed by atoms with van der Waals surface area (Å²) < 4.78 is 5.14. The normalized spacial score (nSPS) is 10.4. The summed E-state index contributed by atoms with van der Waals surface area (Å²) in [5.41, 5.74) is 2.29. The van der Waals surface area contributed by atoms with Crippen molar-refractivity contribution in [1.29, 1.82) is 0 Å². The molecule has 3 aromatic rings. The fourth-order valence-electron chi connectivity index (χ4n) is 2.67. The van der Waals surface area contributed by atoms with E-state index in [1.54, 1.807) is 25.3 Å². The largest absolute Gasteiger partial charge is 0.495 e. The van der Waals surface area contributed by atoms with Crippen LogP contribution in [-0.4, -0.2) is 29.5 Å². The number of nitrogens with zero attached hydrogens (tertiary/aromatic N) is 2. The molecule has 1 heterocycles. The number of halogens is 1. The minimum absolute atomic E-state index is 0.230. The average molecular weight is 397 g/mol. The number of aryl methyl sites for hydroxylation is 1. The fourth-order valence-corrected chi connectivity index (χ4v) is 2.93. The molecular formula is C21H21ClN4O2. The van der Waals surface area contributed by atoms with E-state index in [0.717, 1.165) is 18.5 Å². The maximum atomic E-state index is 12.3. The maximum Gasteiger partial charge on any atom is 0.270 e. The van der Waals surface area contributed by atoms with Crippen LogP contribution in [0.4, 0.5) is 11.5 Å². The van der Waals surface area contributed by atoms with E-state index >= 15 is 0 Å². The molecule has 144 valence electrons. The first kappa shape index (κ1) is 19.6. The Hall–Kier alpha value is -3.12. The SMILES string of the molecule is COc1ccc(Nc2cc(C(=O)NCCCc3ccccc3)ncn2)cc1Cl. The molecule has 28 heavy (non-hydrogen) atoms. The van der Waals surface area contributed by atoms with Gasteiger partial charge in [0, 0.05) is 18.3 Å². The van der Waals surface area contributed by atoms with Crippen LogP contribution in [0.25, 0.3) is 0 Å². The molecule has 2 N–H and O–H groups in total. The zero-order valence-electron chi connectivity index (χ0n) is 15.5. The van der Waals surface area contributed by atoms with Gasteiger partial charge in [-0.3, -0.25) is 4.79 Å². The summed E-state index contributed by atoms with van der Waals surface area (Å²) in [5, 5.41) is 6.48. The lowest BCUT2D eigenvalue weighted by molar-refractivity contribution is 0.0948. The molecule has 0 saturated heterocycles. The maximum absolute atomic E-state index is 12.3. The number of ether oxygens (including phenoxy) is 1. The van der Waals surface area contributed by atoms with Gasteiger partial charge in [0.15, 0.2) is 0 Å². The second-order valence-corrected chi connectivity index (χ2v) is 6.52. The van der Waals surface area contributed by atoms with Crippen molar-refractivity contribution in [2.24, 2.45) is 0 Å². The summed E-state index contributed by atoms with van der Waals surface area (Å²) in [6.45, 7) is 0.578. The summed E-state index contributed by atoms with van der Waals surface area (Å²) in [6, 6.07) is 17.1. The number of amides is 1. The number of anilines is 2. The molecule has 0 spiro atoms. The van der Waals surface area contributed by atoms with Gasteiger partial charge < -0.3 is 15.4 Å². The zero-order chi connectivity index (χ0) is 19.8. The summed E-state index contributed by atoms with van der Waals surface area (Å²) in [7, 11) is 1.56. The van der Waals surface area contributed by atoms with Crippen molar-refractivity contribution in [3.63, 3.8) is 0 Å². The highest BCUT2D eigenvalue weighted by atomic mass is 35.5. The van der Waals surface area contributed by atoms with Crippen molar-refractivity contribution in [3.8, 4) is 5.75 Å². The molecule has 0 unspecified atom stereocenters. The van der Waals surface area contributed by atoms with E-state index in [4.69, 9.17) is 16.3 Å². The van der Waals surface area contributed by atoms with Crippen molar-refractivity contribution >= 4 is 29.0 Å². The Labute approximate surface area is 168 Å². The summed E-state index contributed by atoms with van der Waals surface area (Å²) >= 11 is 6.13. The number of benzene rings is 2. The molecule has 7 heteroatoms. The number of rotatable bonds is 8. The van der Waals surface area contributed by atoms with Crippen molar-refractivity contribution < 1.29 is 9.53 Å². The van der Waals surface area contributed by atoms with Crippen molar-refractivity contribution in [2.75, 3.05) is 19.0 Å². The number of hydrogen-bond acceptors (Lipinski definition) is 5. The lowest BCUT2D eigenvalue weighted by atomic mass is 10.1. The van der Waals surface area contributed by atoms with Crippen LogP contribution < -0.4 is 15.4 Å². The molecule has 0 atom stereocenters. The molecule has 1 aromatic heterocycles. The molecule has 0 aliphatic carbocycles. The first-order chi connectivity index (χ1) is 13.7. The standard InChI is InChI=1S/C21H21ClN4O2/c1-28-19-10-9-16(12-17(19)22)26-20-13-18(24-14-25-20)21(27)23-11-5-8-15-6-3-2-4-7-15/h2-4,6-7,9-10,12-14H,5,8,11H2,1H3,(H,23,27)(H,24,25,26). The van der Waals surface area contributed by atoms with Gasteiger partial charge in [-0.25, -0.2) is 9.97 Å². The average Bonchev–Trinajstić information content (AvgIpc) is 2.72. The highest BCUT2D eigenvalue weighted by Crippen LogP contribution is 2.28. The van der Waals surface area contributed by atoms with E-state index in [9.17, 15) is 4.79 Å². The Morgan fingerprint density at radius 3 is 2.68 bits per heavy atom. The van der Waals surface area contributed by atoms with Crippen LogP contribution in [0.2, 0.25) is 5.02 Å². The number of carbonyl (C=O) groups is 1. The Kier molecular flexibility index (Phi) is 6.81. The summed E-state index contributed by atoms with van der Waals surface area (Å²) in [5.74, 6) is 0.863. The molecule has 6 nitrogen and oxygen atoms in total. The lowest BCUT2D eigenvalue weighted by Crippen LogP contribution is -2.25. The predicted molar refractivity (Wildman–Crippen MR) is 110 cm³/mol. The van der Waals surface area contributed by atoms with E-state index < -0.39 is 0 Å². The van der Waals surface area contributed by atoms with Gasteiger partial charge in [-0.2, -0.15) is 0 Å². The quantitative estimate of drug-likeness (QED) is 0.557. The van der Waals surface area contributed by atoms with Crippen molar-refractivity contribution in [2.45, 2.75) is 12.8 Å². The lowest BCUT2D eigenvalue weighted by Gasteiger charge is -2.09. The highest BCUT2D eigenvalue weighted by molar-refractivity contribution is 6.32. The van der Waals surface area contributed by atoms with E-state index in [2.05, 4.69) is 32.7 Å². The van der Waals surface area contributed by atoms with Crippen molar-refractivity contribution in [1.82, 2.24) is 15.3 Å². The van der Waals surface area contributed by atoms with Gasteiger partial charge in [0.1, 0.15) is 23.6 Å². The smallest absolute Gasteiger partial charge is 0.270 e. The highest BCUT2D eigenvalue weighted by Gasteiger charge is 2.09. The van der Waals surface area contributed by atoms with Crippen LogP contribution in [0.5, 0.6) is 5.75 Å². The number of nitrogens with one attached hydrogen (secondary N) is 2. The van der Waals surface area contributed by atoms with Crippen LogP contribution >= 0.6 is 11.6 Å². The molecule has 0 saturated carbocycles. The van der Waals surface area contributed by atoms with Gasteiger partial charge in [0.2, 0.25) is 0 Å². The summed E-state index contributed by atoms with van der Waals surface area (Å²) in [6.07, 6.45) is 3.12. The Bertz CT molecular complexity index is 935. The molecule has 0 aliphatic rings. The Morgan fingerprint density at radius 2 is 1.93 bits per heavy atom. The summed E-state index contributed by atoms with van der Waals surface area (Å²) in [4.78, 5) is 20.5. The number of methoxy groups -OCH3 is 1. The second kappa shape index (κ2) is 9.71. The molecule has 2 aromatic carbocycles. The predicted octanol–water partition coefficient (Wildman–Crippen LogP) is 4.24. The van der Waals surface area contributed by atoms with E-state index in [-0.39, 0.29) is 5.91 Å². The first-order valence-corrected chi connectivity index (χ1v) is 9.28. The molecule has 0 bridgehead atoms. The molecular weight excluding hydrogens is 376 g/mol. The van der Waals surface area contributed by atoms with Gasteiger partial charge in [-0.1, -0.05) is 41.9 Å². The van der Waals surface area contributed by atoms with E-state index in [0.29, 0.717) is 28.8 Å². The topological polar surface area (TPSA) is 76.1 Å². The zero-order valence-corrected chi connectivity index (χ0v) is 16.2. The molecule has 0 fully saturated rings. The van der Waals surface area contributed by atoms with E-state index in [1.165, 1.54) is 11.9 Å². The molecule has 0 radical (unpaired) electrons. The van der Waals surface area contributed by atoms with Crippen LogP contribution in [0.1, 0.15) is 22.5 Å². The Morgan fingerprint density at radius 1 is 1.11 bits per heavy atom. The fraction of sp³-hybridized carbons (Fsp3) is 0.190. The van der Waals surface area contributed by atoms with Gasteiger partial charge in [0.05, 0.1) is 12.1 Å². The van der Waals surface area contributed by atoms with Gasteiger partial charge >= 0.3 is 0 Å². The molecule has 0 aliphatic heterocycles. The first-order valence-electron chi connectivity index (χ1n) is 8.90. The number of aromatic nitrogens is 2. The monoisotopic (exact) mass is 396 g/mol. The minimum atomic E-state index is -0.230. The Balaban J connectivity index is 1.54. The number of carbonyl (C=O) groups excluding carboxylic acids is 1. The minimum Gasteiger partial charge on any atom is -0.495 e. The van der Waals surface area contributed by atoms with Gasteiger partial charge in [-0.15, -0.1) is 0 Å². The molecule has 1 amide bonds. The van der Waals surface area contributed by atoms with Crippen LogP contribution in [-0.2, 0) is 6.42 Å². The van der Waals surface area contributed by atoms with Crippen LogP contribution in [0.15, 0.2) is 60.9 Å². The molecule has 3 rings (SSSR count). The van der Waals surface area contributed by atoms with Crippen molar-refractivity contribution in [3.05, 3.63) is 77.2 Å². The van der Waals surface area contributed by atoms with Crippen LogP contribution in [0, 0.1) is 0 Å². The van der Waals surface area contributed by atoms with E-state index in [1.807, 2.05) is 24.3 Å². The van der Waals surface area contributed by atoms with Gasteiger partial charge in [-0.05, 0) is 36.6 Å². The third-order valence-electron chi connectivity index (χ3n) is 4.09.